The van der Waals surface area contributed by atoms with Gasteiger partial charge in [-0.05, 0) is 45.6 Å². The molecule has 0 unspecified atom stereocenters. The Morgan fingerprint density at radius 1 is 1.44 bits per heavy atom. The van der Waals surface area contributed by atoms with E-state index in [1.807, 2.05) is 18.7 Å². The fraction of sp³-hybridized carbons (Fsp3) is 0.917. The topological polar surface area (TPSA) is 58.4 Å². The number of urea groups is 1. The van der Waals surface area contributed by atoms with Crippen LogP contribution in [0.15, 0.2) is 0 Å². The van der Waals surface area contributed by atoms with Crippen LogP contribution in [-0.4, -0.2) is 36.1 Å². The molecule has 0 radical (unpaired) electrons. The van der Waals surface area contributed by atoms with E-state index in [0.29, 0.717) is 6.54 Å². The van der Waals surface area contributed by atoms with Gasteiger partial charge < -0.3 is 16.0 Å². The molecule has 0 atom stereocenters. The van der Waals surface area contributed by atoms with Crippen molar-refractivity contribution in [3.8, 4) is 0 Å². The van der Waals surface area contributed by atoms with Gasteiger partial charge in [-0.25, -0.2) is 4.79 Å². The number of carbonyl (C=O) groups excluding carboxylic acids is 1. The summed E-state index contributed by atoms with van der Waals surface area (Å²) in [5.74, 6) is 0.751. The lowest BCUT2D eigenvalue weighted by molar-refractivity contribution is 0.164. The molecule has 1 fully saturated rings. The summed E-state index contributed by atoms with van der Waals surface area (Å²) in [7, 11) is 0. The third-order valence-corrected chi connectivity index (χ3v) is 3.29. The Bertz CT molecular complexity index is 232. The predicted molar refractivity (Wildman–Crippen MR) is 66.3 cm³/mol. The Kier molecular flexibility index (Phi) is 4.59. The molecule has 3 N–H and O–H groups in total. The van der Waals surface area contributed by atoms with Crippen LogP contribution < -0.4 is 11.1 Å². The summed E-state index contributed by atoms with van der Waals surface area (Å²) in [6, 6.07) is 0.0605. The molecular formula is C12H25N3O. The Labute approximate surface area is 98.6 Å². The largest absolute Gasteiger partial charge is 0.333 e. The first-order chi connectivity index (χ1) is 7.44. The highest BCUT2D eigenvalue weighted by molar-refractivity contribution is 5.75. The summed E-state index contributed by atoms with van der Waals surface area (Å²) in [4.78, 5) is 13.9. The predicted octanol–water partition coefficient (Wildman–Crippen LogP) is 1.56. The number of nitrogens with one attached hydrogen (secondary N) is 1. The first kappa shape index (κ1) is 13.3. The second-order valence-electron chi connectivity index (χ2n) is 5.52. The van der Waals surface area contributed by atoms with Gasteiger partial charge in [-0.15, -0.1) is 0 Å². The quantitative estimate of drug-likeness (QED) is 0.768. The fourth-order valence-corrected chi connectivity index (χ4v) is 2.00. The average Bonchev–Trinajstić information content (AvgIpc) is 2.17. The van der Waals surface area contributed by atoms with Crippen LogP contribution in [0.5, 0.6) is 0 Å². The molecule has 0 spiro atoms. The van der Waals surface area contributed by atoms with Gasteiger partial charge in [-0.1, -0.05) is 6.92 Å². The molecule has 1 aliphatic rings. The van der Waals surface area contributed by atoms with Crippen molar-refractivity contribution in [2.75, 3.05) is 19.6 Å². The number of piperidine rings is 1. The molecule has 1 saturated heterocycles. The molecule has 4 heteroatoms. The zero-order chi connectivity index (χ0) is 12.2. The van der Waals surface area contributed by atoms with Gasteiger partial charge in [-0.3, -0.25) is 0 Å². The summed E-state index contributed by atoms with van der Waals surface area (Å²) >= 11 is 0. The number of rotatable bonds is 3. The van der Waals surface area contributed by atoms with Crippen molar-refractivity contribution in [2.24, 2.45) is 11.7 Å². The Morgan fingerprint density at radius 3 is 2.50 bits per heavy atom. The van der Waals surface area contributed by atoms with Gasteiger partial charge in [-0.2, -0.15) is 0 Å². The highest BCUT2D eigenvalue weighted by Crippen LogP contribution is 2.17. The minimum Gasteiger partial charge on any atom is -0.333 e. The van der Waals surface area contributed by atoms with Crippen LogP contribution in [0.25, 0.3) is 0 Å². The van der Waals surface area contributed by atoms with Crippen LogP contribution in [0, 0.1) is 5.92 Å². The molecule has 0 aromatic heterocycles. The van der Waals surface area contributed by atoms with E-state index in [1.54, 1.807) is 0 Å². The number of nitrogens with zero attached hydrogens (tertiary/aromatic N) is 1. The van der Waals surface area contributed by atoms with Crippen LogP contribution in [0.1, 0.15) is 40.0 Å². The number of nitrogens with two attached hydrogens (primary N) is 1. The van der Waals surface area contributed by atoms with E-state index in [4.69, 9.17) is 5.73 Å². The lowest BCUT2D eigenvalue weighted by Crippen LogP contribution is -2.52. The van der Waals surface area contributed by atoms with Gasteiger partial charge in [0.1, 0.15) is 0 Å². The molecule has 1 heterocycles. The molecule has 16 heavy (non-hydrogen) atoms. The average molecular weight is 227 g/mol. The van der Waals surface area contributed by atoms with Crippen LogP contribution in [0.3, 0.4) is 0 Å². The molecule has 0 aliphatic carbocycles. The van der Waals surface area contributed by atoms with Crippen molar-refractivity contribution in [1.29, 1.82) is 0 Å². The lowest BCUT2D eigenvalue weighted by Gasteiger charge is -2.34. The van der Waals surface area contributed by atoms with E-state index in [-0.39, 0.29) is 11.6 Å². The van der Waals surface area contributed by atoms with E-state index >= 15 is 0 Å². The third-order valence-electron chi connectivity index (χ3n) is 3.29. The normalized spacial score (nSPS) is 18.6. The van der Waals surface area contributed by atoms with E-state index in [0.717, 1.165) is 38.3 Å². The summed E-state index contributed by atoms with van der Waals surface area (Å²) in [5, 5.41) is 3.05. The molecule has 1 aliphatic heterocycles. The molecule has 0 aromatic carbocycles. The maximum absolute atomic E-state index is 12.0. The van der Waals surface area contributed by atoms with Gasteiger partial charge in [0.25, 0.3) is 0 Å². The van der Waals surface area contributed by atoms with E-state index in [1.165, 1.54) is 0 Å². The first-order valence-electron chi connectivity index (χ1n) is 6.22. The molecule has 94 valence electrons. The summed E-state index contributed by atoms with van der Waals surface area (Å²) in [6.07, 6.45) is 3.04. The Hall–Kier alpha value is -0.770. The molecule has 2 amide bonds. The monoisotopic (exact) mass is 227 g/mol. The molecule has 0 aromatic rings. The highest BCUT2D eigenvalue weighted by atomic mass is 16.2. The van der Waals surface area contributed by atoms with E-state index in [2.05, 4.69) is 12.2 Å². The lowest BCUT2D eigenvalue weighted by atomic mass is 9.99. The van der Waals surface area contributed by atoms with Crippen molar-refractivity contribution in [3.63, 3.8) is 0 Å². The van der Waals surface area contributed by atoms with E-state index < -0.39 is 0 Å². The number of hydrogen-bond acceptors (Lipinski definition) is 2. The summed E-state index contributed by atoms with van der Waals surface area (Å²) in [5.41, 5.74) is 5.32. The van der Waals surface area contributed by atoms with Gasteiger partial charge in [0.15, 0.2) is 0 Å². The first-order valence-corrected chi connectivity index (χ1v) is 6.22. The molecule has 0 saturated carbocycles. The van der Waals surface area contributed by atoms with Gasteiger partial charge >= 0.3 is 6.03 Å². The standard InChI is InChI=1S/C12H25N3O/c1-10-4-8-15(9-5-10)11(16)14-12(2,3)6-7-13/h10H,4-9,13H2,1-3H3,(H,14,16). The van der Waals surface area contributed by atoms with E-state index in [9.17, 15) is 4.79 Å². The Morgan fingerprint density at radius 2 is 2.00 bits per heavy atom. The minimum absolute atomic E-state index is 0.0605. The fourth-order valence-electron chi connectivity index (χ4n) is 2.00. The SMILES string of the molecule is CC1CCN(C(=O)NC(C)(C)CCN)CC1. The number of carbonyl (C=O) groups is 1. The number of amides is 2. The third kappa shape index (κ3) is 4.00. The summed E-state index contributed by atoms with van der Waals surface area (Å²) in [6.45, 7) is 8.64. The minimum atomic E-state index is -0.200. The molecule has 1 rings (SSSR count). The van der Waals surface area contributed by atoms with Gasteiger partial charge in [0.2, 0.25) is 0 Å². The molecule has 0 bridgehead atoms. The Balaban J connectivity index is 2.40. The number of hydrogen-bond donors (Lipinski definition) is 2. The summed E-state index contributed by atoms with van der Waals surface area (Å²) < 4.78 is 0. The second-order valence-corrected chi connectivity index (χ2v) is 5.52. The van der Waals surface area contributed by atoms with Crippen LogP contribution >= 0.6 is 0 Å². The van der Waals surface area contributed by atoms with Crippen molar-refractivity contribution in [2.45, 2.75) is 45.6 Å². The second kappa shape index (κ2) is 5.53. The maximum Gasteiger partial charge on any atom is 0.317 e. The zero-order valence-electron chi connectivity index (χ0n) is 10.8. The molecular weight excluding hydrogens is 202 g/mol. The van der Waals surface area contributed by atoms with Crippen molar-refractivity contribution >= 4 is 6.03 Å². The van der Waals surface area contributed by atoms with Crippen molar-refractivity contribution in [3.05, 3.63) is 0 Å². The zero-order valence-corrected chi connectivity index (χ0v) is 10.8. The molecule has 4 nitrogen and oxygen atoms in total. The van der Waals surface area contributed by atoms with Crippen LogP contribution in [0.2, 0.25) is 0 Å². The number of likely N-dealkylation sites (tertiary alicyclic amines) is 1. The van der Waals surface area contributed by atoms with Crippen LogP contribution in [-0.2, 0) is 0 Å². The van der Waals surface area contributed by atoms with Crippen LogP contribution in [0.4, 0.5) is 4.79 Å². The van der Waals surface area contributed by atoms with Crippen molar-refractivity contribution < 1.29 is 4.79 Å². The van der Waals surface area contributed by atoms with Gasteiger partial charge in [0, 0.05) is 18.6 Å². The van der Waals surface area contributed by atoms with Gasteiger partial charge in [0.05, 0.1) is 0 Å². The maximum atomic E-state index is 12.0. The highest BCUT2D eigenvalue weighted by Gasteiger charge is 2.25. The van der Waals surface area contributed by atoms with Crippen molar-refractivity contribution in [1.82, 2.24) is 10.2 Å². The smallest absolute Gasteiger partial charge is 0.317 e.